The molecular formula is C25H23N3O5. The summed E-state index contributed by atoms with van der Waals surface area (Å²) in [5, 5.41) is 0. The number of benzene rings is 2. The number of fused-ring (bicyclic) bond motifs is 2. The summed E-state index contributed by atoms with van der Waals surface area (Å²) >= 11 is 0. The number of carbonyl (C=O) groups excluding carboxylic acids is 2. The first-order valence-electron chi connectivity index (χ1n) is 10.7. The van der Waals surface area contributed by atoms with Crippen LogP contribution in [0.15, 0.2) is 60.8 Å². The molecule has 0 spiro atoms. The summed E-state index contributed by atoms with van der Waals surface area (Å²) in [6.07, 6.45) is 1.70. The lowest BCUT2D eigenvalue weighted by Gasteiger charge is -2.31. The van der Waals surface area contributed by atoms with Crippen molar-refractivity contribution in [1.29, 1.82) is 0 Å². The van der Waals surface area contributed by atoms with Crippen LogP contribution in [0.2, 0.25) is 0 Å². The van der Waals surface area contributed by atoms with E-state index < -0.39 is 0 Å². The van der Waals surface area contributed by atoms with Crippen molar-refractivity contribution in [1.82, 2.24) is 9.88 Å². The Kier molecular flexibility index (Phi) is 5.56. The van der Waals surface area contributed by atoms with Gasteiger partial charge in [-0.25, -0.2) is 0 Å². The van der Waals surface area contributed by atoms with E-state index in [0.717, 1.165) is 16.8 Å². The van der Waals surface area contributed by atoms with Crippen molar-refractivity contribution in [3.05, 3.63) is 77.6 Å². The van der Waals surface area contributed by atoms with Gasteiger partial charge in [0.05, 0.1) is 17.9 Å². The van der Waals surface area contributed by atoms with Gasteiger partial charge in [-0.3, -0.25) is 19.5 Å². The highest BCUT2D eigenvalue weighted by Gasteiger charge is 2.29. The van der Waals surface area contributed by atoms with Gasteiger partial charge in [-0.15, -0.1) is 0 Å². The van der Waals surface area contributed by atoms with Crippen molar-refractivity contribution in [2.45, 2.75) is 20.0 Å². The summed E-state index contributed by atoms with van der Waals surface area (Å²) in [5.41, 5.74) is 3.25. The summed E-state index contributed by atoms with van der Waals surface area (Å²) in [5.74, 6) is 1.50. The third-order valence-corrected chi connectivity index (χ3v) is 5.59. The molecule has 0 aliphatic carbocycles. The van der Waals surface area contributed by atoms with Crippen molar-refractivity contribution >= 4 is 17.5 Å². The van der Waals surface area contributed by atoms with Gasteiger partial charge < -0.3 is 19.1 Å². The van der Waals surface area contributed by atoms with E-state index in [9.17, 15) is 9.59 Å². The van der Waals surface area contributed by atoms with Crippen molar-refractivity contribution in [3.8, 4) is 17.2 Å². The van der Waals surface area contributed by atoms with Crippen molar-refractivity contribution in [2.24, 2.45) is 0 Å². The second-order valence-electron chi connectivity index (χ2n) is 8.00. The van der Waals surface area contributed by atoms with E-state index in [1.807, 2.05) is 61.5 Å². The standard InChI is InChI=1S/C25H23N3O5/c1-17-5-7-21-20(10-17)28(25(30)15-31-21)14-24(29)27(13-19-4-2-3-9-26-19)12-18-6-8-22-23(11-18)33-16-32-22/h2-11H,12-16H2,1H3. The average molecular weight is 445 g/mol. The van der Waals surface area contributed by atoms with Gasteiger partial charge in [-0.2, -0.15) is 0 Å². The second kappa shape index (κ2) is 8.82. The molecule has 33 heavy (non-hydrogen) atoms. The molecule has 2 aliphatic heterocycles. The van der Waals surface area contributed by atoms with E-state index in [2.05, 4.69) is 4.98 Å². The Morgan fingerprint density at radius 2 is 1.85 bits per heavy atom. The Morgan fingerprint density at radius 1 is 1.00 bits per heavy atom. The largest absolute Gasteiger partial charge is 0.482 e. The Hall–Kier alpha value is -4.07. The Morgan fingerprint density at radius 3 is 2.70 bits per heavy atom. The monoisotopic (exact) mass is 445 g/mol. The number of hydrogen-bond acceptors (Lipinski definition) is 6. The molecule has 0 atom stereocenters. The van der Waals surface area contributed by atoms with E-state index in [1.54, 1.807) is 11.1 Å². The van der Waals surface area contributed by atoms with E-state index in [0.29, 0.717) is 36.0 Å². The first kappa shape index (κ1) is 20.8. The maximum atomic E-state index is 13.5. The number of rotatable bonds is 6. The third kappa shape index (κ3) is 4.45. The Bertz CT molecular complexity index is 1200. The van der Waals surface area contributed by atoms with Gasteiger partial charge in [-0.1, -0.05) is 18.2 Å². The zero-order chi connectivity index (χ0) is 22.8. The highest BCUT2D eigenvalue weighted by Crippen LogP contribution is 2.34. The van der Waals surface area contributed by atoms with Crippen LogP contribution >= 0.6 is 0 Å². The van der Waals surface area contributed by atoms with E-state index >= 15 is 0 Å². The van der Waals surface area contributed by atoms with Crippen LogP contribution < -0.4 is 19.1 Å². The van der Waals surface area contributed by atoms with Crippen LogP contribution in [0.25, 0.3) is 0 Å². The molecule has 8 heteroatoms. The van der Waals surface area contributed by atoms with Crippen LogP contribution in [0.4, 0.5) is 5.69 Å². The lowest BCUT2D eigenvalue weighted by atomic mass is 10.1. The Labute approximate surface area is 191 Å². The summed E-state index contributed by atoms with van der Waals surface area (Å²) in [4.78, 5) is 33.7. The topological polar surface area (TPSA) is 81.2 Å². The van der Waals surface area contributed by atoms with Crippen LogP contribution in [-0.2, 0) is 22.7 Å². The lowest BCUT2D eigenvalue weighted by Crippen LogP contribution is -2.46. The van der Waals surface area contributed by atoms with Crippen molar-refractivity contribution in [2.75, 3.05) is 24.8 Å². The molecule has 3 heterocycles. The molecule has 2 aliphatic rings. The SMILES string of the molecule is Cc1ccc2c(c1)N(CC(=O)N(Cc1ccc3c(c1)OCO3)Cc1ccccn1)C(=O)CO2. The molecule has 2 amide bonds. The van der Waals surface area contributed by atoms with E-state index in [-0.39, 0.29) is 31.8 Å². The molecule has 0 N–H and O–H groups in total. The fourth-order valence-corrected chi connectivity index (χ4v) is 3.90. The van der Waals surface area contributed by atoms with Crippen molar-refractivity contribution in [3.63, 3.8) is 0 Å². The van der Waals surface area contributed by atoms with Gasteiger partial charge in [0, 0.05) is 12.7 Å². The van der Waals surface area contributed by atoms with Crippen LogP contribution in [0.1, 0.15) is 16.8 Å². The first-order valence-corrected chi connectivity index (χ1v) is 10.7. The first-order chi connectivity index (χ1) is 16.1. The molecule has 0 bridgehead atoms. The van der Waals surface area contributed by atoms with Gasteiger partial charge in [0.1, 0.15) is 12.3 Å². The highest BCUT2D eigenvalue weighted by molar-refractivity contribution is 6.02. The molecule has 168 valence electrons. The number of ether oxygens (including phenoxy) is 3. The molecular weight excluding hydrogens is 422 g/mol. The normalized spacial score (nSPS) is 14.0. The highest BCUT2D eigenvalue weighted by atomic mass is 16.7. The number of aryl methyl sites for hydroxylation is 1. The number of anilines is 1. The number of carbonyl (C=O) groups is 2. The minimum atomic E-state index is -0.248. The minimum Gasteiger partial charge on any atom is -0.482 e. The number of amides is 2. The maximum Gasteiger partial charge on any atom is 0.265 e. The lowest BCUT2D eigenvalue weighted by molar-refractivity contribution is -0.133. The third-order valence-electron chi connectivity index (χ3n) is 5.59. The smallest absolute Gasteiger partial charge is 0.265 e. The molecule has 0 saturated heterocycles. The molecule has 0 fully saturated rings. The van der Waals surface area contributed by atoms with Gasteiger partial charge in [0.2, 0.25) is 12.7 Å². The zero-order valence-corrected chi connectivity index (χ0v) is 18.2. The van der Waals surface area contributed by atoms with Crippen LogP contribution in [0.5, 0.6) is 17.2 Å². The predicted molar refractivity (Wildman–Crippen MR) is 120 cm³/mol. The quantitative estimate of drug-likeness (QED) is 0.580. The van der Waals surface area contributed by atoms with Gasteiger partial charge in [0.15, 0.2) is 18.1 Å². The molecule has 0 radical (unpaired) electrons. The summed E-state index contributed by atoms with van der Waals surface area (Å²) in [6.45, 7) is 2.60. The van der Waals surface area contributed by atoms with Crippen LogP contribution in [0.3, 0.4) is 0 Å². The summed E-state index contributed by atoms with van der Waals surface area (Å²) in [6, 6.07) is 16.8. The fourth-order valence-electron chi connectivity index (χ4n) is 3.90. The average Bonchev–Trinajstić information content (AvgIpc) is 3.29. The number of nitrogens with zero attached hydrogens (tertiary/aromatic N) is 3. The summed E-state index contributed by atoms with van der Waals surface area (Å²) in [7, 11) is 0. The second-order valence-corrected chi connectivity index (χ2v) is 8.00. The van der Waals surface area contributed by atoms with Crippen molar-refractivity contribution < 1.29 is 23.8 Å². The molecule has 0 unspecified atom stereocenters. The minimum absolute atomic E-state index is 0.0873. The Balaban J connectivity index is 1.41. The van der Waals surface area contributed by atoms with Gasteiger partial charge in [0.25, 0.3) is 5.91 Å². The van der Waals surface area contributed by atoms with Gasteiger partial charge >= 0.3 is 0 Å². The maximum absolute atomic E-state index is 13.5. The molecule has 2 aromatic carbocycles. The molecule has 5 rings (SSSR count). The summed E-state index contributed by atoms with van der Waals surface area (Å²) < 4.78 is 16.4. The number of hydrogen-bond donors (Lipinski definition) is 0. The molecule has 0 saturated carbocycles. The van der Waals surface area contributed by atoms with Crippen LogP contribution in [-0.4, -0.2) is 41.6 Å². The van der Waals surface area contributed by atoms with Gasteiger partial charge in [-0.05, 0) is 54.4 Å². The molecule has 3 aromatic rings. The predicted octanol–water partition coefficient (Wildman–Crippen LogP) is 3.07. The number of aromatic nitrogens is 1. The number of pyridine rings is 1. The molecule has 8 nitrogen and oxygen atoms in total. The fraction of sp³-hybridized carbons (Fsp3) is 0.240. The van der Waals surface area contributed by atoms with Crippen LogP contribution in [0, 0.1) is 6.92 Å². The molecule has 1 aromatic heterocycles. The van der Waals surface area contributed by atoms with E-state index in [4.69, 9.17) is 14.2 Å². The zero-order valence-electron chi connectivity index (χ0n) is 18.2. The van der Waals surface area contributed by atoms with E-state index in [1.165, 1.54) is 4.90 Å².